The van der Waals surface area contributed by atoms with Gasteiger partial charge in [-0.1, -0.05) is 0 Å². The number of amides is 1. The number of nitro groups is 1. The summed E-state index contributed by atoms with van der Waals surface area (Å²) in [6.07, 6.45) is -5.69. The molecule has 1 aromatic rings. The molecule has 1 aromatic carbocycles. The average Bonchev–Trinajstić information content (AvgIpc) is 3.20. The van der Waals surface area contributed by atoms with Gasteiger partial charge in [0.25, 0.3) is 5.69 Å². The molecule has 2 aliphatic rings. The van der Waals surface area contributed by atoms with Gasteiger partial charge in [-0.2, -0.15) is 13.2 Å². The maximum atomic E-state index is 12.4. The Balaban J connectivity index is 1.88. The van der Waals surface area contributed by atoms with E-state index in [2.05, 4.69) is 0 Å². The molecule has 1 amide bonds. The van der Waals surface area contributed by atoms with Gasteiger partial charge in [-0.3, -0.25) is 14.9 Å². The van der Waals surface area contributed by atoms with Gasteiger partial charge in [0, 0.05) is 17.7 Å². The largest absolute Gasteiger partial charge is 0.484 e. The number of ether oxygens (including phenoxy) is 2. The second-order valence-corrected chi connectivity index (χ2v) is 6.16. The highest BCUT2D eigenvalue weighted by molar-refractivity contribution is 5.81. The smallest absolute Gasteiger partial charge is 0.471 e. The van der Waals surface area contributed by atoms with Crippen molar-refractivity contribution in [2.75, 3.05) is 6.54 Å². The number of non-ortho nitro benzene ring substituents is 1. The third kappa shape index (κ3) is 2.37. The number of carbonyl (C=O) groups is 1. The zero-order valence-corrected chi connectivity index (χ0v) is 12.6. The van der Waals surface area contributed by atoms with Gasteiger partial charge in [0.1, 0.15) is 17.5 Å². The predicted octanol–water partition coefficient (Wildman–Crippen LogP) is 2.25. The number of rotatable bonds is 3. The Bertz CT molecular complexity index is 734. The van der Waals surface area contributed by atoms with Crippen molar-refractivity contribution in [1.82, 2.24) is 5.32 Å². The third-order valence-corrected chi connectivity index (χ3v) is 4.33. The molecular weight excluding hydrogens is 333 g/mol. The summed E-state index contributed by atoms with van der Waals surface area (Å²) in [6.45, 7) is 2.82. The summed E-state index contributed by atoms with van der Waals surface area (Å²) < 4.78 is 48.4. The summed E-state index contributed by atoms with van der Waals surface area (Å²) in [4.78, 5) is 21.3. The highest BCUT2D eigenvalue weighted by Gasteiger charge is 2.71. The summed E-state index contributed by atoms with van der Waals surface area (Å²) in [6, 6.07) is 3.97. The molecule has 2 atom stereocenters. The number of nitrogens with one attached hydrogen (secondary N) is 1. The minimum atomic E-state index is -5.00. The van der Waals surface area contributed by atoms with Crippen LogP contribution in [0.3, 0.4) is 0 Å². The molecule has 0 spiro atoms. The van der Waals surface area contributed by atoms with Gasteiger partial charge in [0.2, 0.25) is 0 Å². The normalized spacial score (nSPS) is 26.6. The molecule has 130 valence electrons. The highest BCUT2D eigenvalue weighted by atomic mass is 19.4. The molecule has 1 saturated heterocycles. The lowest BCUT2D eigenvalue weighted by atomic mass is 9.82. The van der Waals surface area contributed by atoms with Crippen LogP contribution in [0, 0.1) is 10.1 Å². The van der Waals surface area contributed by atoms with E-state index < -0.39 is 40.9 Å². The van der Waals surface area contributed by atoms with Crippen molar-refractivity contribution in [3.8, 4) is 5.75 Å². The molecule has 10 heteroatoms. The monoisotopic (exact) mass is 346 g/mol. The summed E-state index contributed by atoms with van der Waals surface area (Å²) in [5.74, 6) is -1.71. The number of fused-ring (bicyclic) bond motifs is 3. The number of nitro benzene ring substituents is 1. The highest BCUT2D eigenvalue weighted by Crippen LogP contribution is 2.62. The first-order valence-electron chi connectivity index (χ1n) is 6.98. The topological polar surface area (TPSA) is 94.0 Å². The fourth-order valence-electron chi connectivity index (χ4n) is 2.92. The standard InChI is InChI=1S/C14H13F3N2O5/c1-12(2)13(6-18-11(20)14(15,16)17)10(24-13)8-5-7(19(21)22)3-4-9(8)23-12/h3-5,10H,6H2,1-2H3,(H,18,20). The maximum absolute atomic E-state index is 12.4. The van der Waals surface area contributed by atoms with Crippen LogP contribution in [-0.4, -0.2) is 34.8 Å². The number of halogens is 3. The van der Waals surface area contributed by atoms with Crippen LogP contribution in [-0.2, 0) is 9.53 Å². The molecule has 0 bridgehead atoms. The Morgan fingerprint density at radius 2 is 2.08 bits per heavy atom. The van der Waals surface area contributed by atoms with E-state index in [-0.39, 0.29) is 5.69 Å². The number of hydrogen-bond donors (Lipinski definition) is 1. The number of epoxide rings is 1. The fraction of sp³-hybridized carbons (Fsp3) is 0.500. The van der Waals surface area contributed by atoms with Crippen LogP contribution in [0.2, 0.25) is 0 Å². The van der Waals surface area contributed by atoms with Gasteiger partial charge in [-0.05, 0) is 19.9 Å². The molecule has 1 N–H and O–H groups in total. The molecule has 0 saturated carbocycles. The molecule has 24 heavy (non-hydrogen) atoms. The number of nitrogens with zero attached hydrogens (tertiary/aromatic N) is 1. The number of carbonyl (C=O) groups excluding carboxylic acids is 1. The number of benzene rings is 1. The molecular formula is C14H13F3N2O5. The molecule has 2 unspecified atom stereocenters. The first-order valence-corrected chi connectivity index (χ1v) is 6.98. The minimum absolute atomic E-state index is 0.180. The average molecular weight is 346 g/mol. The first-order chi connectivity index (χ1) is 11.0. The van der Waals surface area contributed by atoms with E-state index in [9.17, 15) is 28.1 Å². The second-order valence-electron chi connectivity index (χ2n) is 6.16. The summed E-state index contributed by atoms with van der Waals surface area (Å²) in [7, 11) is 0. The lowest BCUT2D eigenvalue weighted by molar-refractivity contribution is -0.385. The van der Waals surface area contributed by atoms with Gasteiger partial charge < -0.3 is 14.8 Å². The van der Waals surface area contributed by atoms with Crippen LogP contribution in [0.4, 0.5) is 18.9 Å². The van der Waals surface area contributed by atoms with Crippen molar-refractivity contribution < 1.29 is 32.4 Å². The molecule has 7 nitrogen and oxygen atoms in total. The van der Waals surface area contributed by atoms with Crippen molar-refractivity contribution in [3.05, 3.63) is 33.9 Å². The number of hydrogen-bond acceptors (Lipinski definition) is 5. The second kappa shape index (κ2) is 4.82. The lowest BCUT2D eigenvalue weighted by Crippen LogP contribution is -2.55. The Labute approximate surface area is 133 Å². The first kappa shape index (κ1) is 16.5. The predicted molar refractivity (Wildman–Crippen MR) is 73.4 cm³/mol. The summed E-state index contributed by atoms with van der Waals surface area (Å²) >= 11 is 0. The van der Waals surface area contributed by atoms with Gasteiger partial charge in [0.15, 0.2) is 5.60 Å². The molecule has 2 heterocycles. The van der Waals surface area contributed by atoms with Gasteiger partial charge in [-0.25, -0.2) is 0 Å². The molecule has 3 rings (SSSR count). The lowest BCUT2D eigenvalue weighted by Gasteiger charge is -2.37. The van der Waals surface area contributed by atoms with Gasteiger partial charge in [-0.15, -0.1) is 0 Å². The number of alkyl halides is 3. The van der Waals surface area contributed by atoms with E-state index in [0.717, 1.165) is 0 Å². The quantitative estimate of drug-likeness (QED) is 0.515. The van der Waals surface area contributed by atoms with Crippen molar-refractivity contribution in [1.29, 1.82) is 0 Å². The van der Waals surface area contributed by atoms with Crippen molar-refractivity contribution >= 4 is 11.6 Å². The Morgan fingerprint density at radius 1 is 1.42 bits per heavy atom. The summed E-state index contributed by atoms with van der Waals surface area (Å²) in [5.41, 5.74) is -2.04. The van der Waals surface area contributed by atoms with Crippen LogP contribution in [0.5, 0.6) is 5.75 Å². The van der Waals surface area contributed by atoms with Crippen molar-refractivity contribution in [2.45, 2.75) is 37.3 Å². The van der Waals surface area contributed by atoms with Crippen LogP contribution >= 0.6 is 0 Å². The third-order valence-electron chi connectivity index (χ3n) is 4.33. The Hall–Kier alpha value is -2.36. The zero-order chi connectivity index (χ0) is 17.9. The van der Waals surface area contributed by atoms with E-state index in [4.69, 9.17) is 9.47 Å². The molecule has 2 aliphatic heterocycles. The fourth-order valence-corrected chi connectivity index (χ4v) is 2.92. The van der Waals surface area contributed by atoms with Gasteiger partial charge >= 0.3 is 12.1 Å². The maximum Gasteiger partial charge on any atom is 0.471 e. The van der Waals surface area contributed by atoms with Crippen LogP contribution < -0.4 is 10.1 Å². The van der Waals surface area contributed by atoms with Crippen LogP contribution in [0.25, 0.3) is 0 Å². The molecule has 0 radical (unpaired) electrons. The Kier molecular flexibility index (Phi) is 3.31. The SMILES string of the molecule is CC1(C)Oc2ccc([N+](=O)[O-])cc2C2OC21CNC(=O)C(F)(F)F. The Morgan fingerprint density at radius 3 is 2.67 bits per heavy atom. The van der Waals surface area contributed by atoms with E-state index >= 15 is 0 Å². The molecule has 0 aliphatic carbocycles. The summed E-state index contributed by atoms with van der Waals surface area (Å²) in [5, 5.41) is 12.7. The van der Waals surface area contributed by atoms with Crippen LogP contribution in [0.1, 0.15) is 25.5 Å². The minimum Gasteiger partial charge on any atom is -0.484 e. The van der Waals surface area contributed by atoms with Gasteiger partial charge in [0.05, 0.1) is 11.5 Å². The zero-order valence-electron chi connectivity index (χ0n) is 12.6. The van der Waals surface area contributed by atoms with E-state index in [1.54, 1.807) is 19.2 Å². The van der Waals surface area contributed by atoms with E-state index in [1.807, 2.05) is 0 Å². The van der Waals surface area contributed by atoms with Crippen LogP contribution in [0.15, 0.2) is 18.2 Å². The van der Waals surface area contributed by atoms with Crippen molar-refractivity contribution in [3.63, 3.8) is 0 Å². The van der Waals surface area contributed by atoms with E-state index in [0.29, 0.717) is 11.3 Å². The molecule has 0 aromatic heterocycles. The van der Waals surface area contributed by atoms with E-state index in [1.165, 1.54) is 18.2 Å². The molecule has 1 fully saturated rings. The van der Waals surface area contributed by atoms with Crippen molar-refractivity contribution in [2.24, 2.45) is 0 Å².